The van der Waals surface area contributed by atoms with Gasteiger partial charge < -0.3 is 9.47 Å². The first-order valence-electron chi connectivity index (χ1n) is 2.29. The fourth-order valence-electron chi connectivity index (χ4n) is 0.322. The second kappa shape index (κ2) is 4.91. The number of halogens is 2. The molecule has 0 aliphatic heterocycles. The van der Waals surface area contributed by atoms with Crippen LogP contribution in [0.3, 0.4) is 0 Å². The van der Waals surface area contributed by atoms with E-state index in [2.05, 4.69) is 0 Å². The van der Waals surface area contributed by atoms with Gasteiger partial charge in [-0.1, -0.05) is 23.2 Å². The third-order valence-electron chi connectivity index (χ3n) is 0.733. The smallest absolute Gasteiger partial charge is 0.151 e. The van der Waals surface area contributed by atoms with Crippen LogP contribution in [0, 0.1) is 0 Å². The van der Waals surface area contributed by atoms with Crippen LogP contribution in [0.2, 0.25) is 0 Å². The third kappa shape index (κ3) is 3.62. The first-order chi connectivity index (χ1) is 4.22. The number of methoxy groups -OCH3 is 2. The van der Waals surface area contributed by atoms with Crippen LogP contribution in [0.5, 0.6) is 0 Å². The summed E-state index contributed by atoms with van der Waals surface area (Å²) in [6, 6.07) is 0. The monoisotopic (exact) mass is 170 g/mol. The van der Waals surface area contributed by atoms with Crippen LogP contribution in [0.15, 0.2) is 10.3 Å². The van der Waals surface area contributed by atoms with Crippen molar-refractivity contribution in [3.63, 3.8) is 0 Å². The molecular formula is C5H8Cl2O2. The zero-order valence-electron chi connectivity index (χ0n) is 5.28. The third-order valence-corrected chi connectivity index (χ3v) is 1.15. The summed E-state index contributed by atoms with van der Waals surface area (Å²) in [6.45, 7) is 0.304. The minimum Gasteiger partial charge on any atom is -0.496 e. The van der Waals surface area contributed by atoms with Gasteiger partial charge in [0.15, 0.2) is 5.76 Å². The van der Waals surface area contributed by atoms with E-state index in [4.69, 9.17) is 32.7 Å². The van der Waals surface area contributed by atoms with Gasteiger partial charge in [0.1, 0.15) is 11.1 Å². The van der Waals surface area contributed by atoms with Crippen molar-refractivity contribution >= 4 is 23.2 Å². The normalized spacial score (nSPS) is 8.89. The van der Waals surface area contributed by atoms with Crippen LogP contribution in [0.25, 0.3) is 0 Å². The Morgan fingerprint density at radius 3 is 2.00 bits per heavy atom. The van der Waals surface area contributed by atoms with E-state index in [-0.39, 0.29) is 4.49 Å². The standard InChI is InChI=1S/C5H8Cl2O2/c1-8-3-4(9-2)5(6)7/h3H2,1-2H3. The molecule has 0 N–H and O–H groups in total. The lowest BCUT2D eigenvalue weighted by atomic mass is 10.6. The van der Waals surface area contributed by atoms with E-state index in [0.29, 0.717) is 12.4 Å². The highest BCUT2D eigenvalue weighted by molar-refractivity contribution is 6.56. The van der Waals surface area contributed by atoms with Gasteiger partial charge in [0, 0.05) is 7.11 Å². The van der Waals surface area contributed by atoms with Gasteiger partial charge in [-0.3, -0.25) is 0 Å². The highest BCUT2D eigenvalue weighted by Gasteiger charge is 1.99. The van der Waals surface area contributed by atoms with Gasteiger partial charge in [0.05, 0.1) is 7.11 Å². The molecule has 0 aromatic rings. The topological polar surface area (TPSA) is 18.5 Å². The van der Waals surface area contributed by atoms with Crippen LogP contribution < -0.4 is 0 Å². The Balaban J connectivity index is 3.83. The lowest BCUT2D eigenvalue weighted by Crippen LogP contribution is -1.96. The molecule has 0 heterocycles. The average molecular weight is 171 g/mol. The van der Waals surface area contributed by atoms with E-state index < -0.39 is 0 Å². The van der Waals surface area contributed by atoms with Crippen LogP contribution in [-0.2, 0) is 9.47 Å². The predicted molar refractivity (Wildman–Crippen MR) is 37.6 cm³/mol. The Bertz CT molecular complexity index is 108. The summed E-state index contributed by atoms with van der Waals surface area (Å²) in [5, 5.41) is 0. The second-order valence-corrected chi connectivity index (χ2v) is 2.27. The fourth-order valence-corrected chi connectivity index (χ4v) is 0.585. The molecular weight excluding hydrogens is 163 g/mol. The van der Waals surface area contributed by atoms with Crippen LogP contribution in [0.4, 0.5) is 0 Å². The average Bonchev–Trinajstić information content (AvgIpc) is 1.82. The van der Waals surface area contributed by atoms with Crippen LogP contribution in [-0.4, -0.2) is 20.8 Å². The van der Waals surface area contributed by atoms with Crippen molar-refractivity contribution in [3.8, 4) is 0 Å². The van der Waals surface area contributed by atoms with Crippen molar-refractivity contribution < 1.29 is 9.47 Å². The SMILES string of the molecule is COCC(OC)=C(Cl)Cl. The van der Waals surface area contributed by atoms with E-state index in [1.807, 2.05) is 0 Å². The van der Waals surface area contributed by atoms with E-state index in [0.717, 1.165) is 0 Å². The number of hydrogen-bond acceptors (Lipinski definition) is 2. The molecule has 0 aromatic heterocycles. The molecule has 2 nitrogen and oxygen atoms in total. The molecule has 0 fully saturated rings. The maximum Gasteiger partial charge on any atom is 0.151 e. The van der Waals surface area contributed by atoms with Gasteiger partial charge in [-0.2, -0.15) is 0 Å². The summed E-state index contributed by atoms with van der Waals surface area (Å²) in [4.78, 5) is 0. The number of hydrogen-bond donors (Lipinski definition) is 0. The fraction of sp³-hybridized carbons (Fsp3) is 0.600. The Labute approximate surface area is 64.3 Å². The van der Waals surface area contributed by atoms with Crippen molar-refractivity contribution in [2.75, 3.05) is 20.8 Å². The Morgan fingerprint density at radius 2 is 1.89 bits per heavy atom. The minimum atomic E-state index is 0.111. The van der Waals surface area contributed by atoms with E-state index in [1.165, 1.54) is 14.2 Å². The summed E-state index contributed by atoms with van der Waals surface area (Å²) in [5.74, 6) is 0.445. The molecule has 0 amide bonds. The molecule has 0 rings (SSSR count). The molecule has 0 atom stereocenters. The summed E-state index contributed by atoms with van der Waals surface area (Å²) in [6.07, 6.45) is 0. The molecule has 0 aromatic carbocycles. The van der Waals surface area contributed by atoms with Crippen molar-refractivity contribution in [1.29, 1.82) is 0 Å². The lowest BCUT2D eigenvalue weighted by molar-refractivity contribution is 0.159. The molecule has 0 bridgehead atoms. The molecule has 54 valence electrons. The van der Waals surface area contributed by atoms with E-state index in [1.54, 1.807) is 0 Å². The minimum absolute atomic E-state index is 0.111. The van der Waals surface area contributed by atoms with Crippen LogP contribution >= 0.6 is 23.2 Å². The van der Waals surface area contributed by atoms with Gasteiger partial charge in [0.25, 0.3) is 0 Å². The summed E-state index contributed by atoms with van der Waals surface area (Å²) >= 11 is 10.7. The Morgan fingerprint density at radius 1 is 1.33 bits per heavy atom. The first kappa shape index (κ1) is 9.08. The summed E-state index contributed by atoms with van der Waals surface area (Å²) in [7, 11) is 3.02. The largest absolute Gasteiger partial charge is 0.496 e. The molecule has 4 heteroatoms. The predicted octanol–water partition coefficient (Wildman–Crippen LogP) is 1.93. The summed E-state index contributed by atoms with van der Waals surface area (Å²) < 4.78 is 9.56. The second-order valence-electron chi connectivity index (χ2n) is 1.32. The van der Waals surface area contributed by atoms with Gasteiger partial charge in [-0.05, 0) is 0 Å². The molecule has 0 aliphatic carbocycles. The van der Waals surface area contributed by atoms with Gasteiger partial charge >= 0.3 is 0 Å². The number of rotatable bonds is 3. The Kier molecular flexibility index (Phi) is 4.96. The molecule has 0 aliphatic rings. The summed E-state index contributed by atoms with van der Waals surface area (Å²) in [5.41, 5.74) is 0. The zero-order chi connectivity index (χ0) is 7.28. The van der Waals surface area contributed by atoms with Crippen LogP contribution in [0.1, 0.15) is 0 Å². The highest BCUT2D eigenvalue weighted by atomic mass is 35.5. The molecule has 9 heavy (non-hydrogen) atoms. The quantitative estimate of drug-likeness (QED) is 0.604. The lowest BCUT2D eigenvalue weighted by Gasteiger charge is -2.02. The first-order valence-corrected chi connectivity index (χ1v) is 3.05. The zero-order valence-corrected chi connectivity index (χ0v) is 6.79. The van der Waals surface area contributed by atoms with Crippen molar-refractivity contribution in [1.82, 2.24) is 0 Å². The molecule has 0 unspecified atom stereocenters. The molecule has 0 saturated heterocycles. The molecule has 0 radical (unpaired) electrons. The Hall–Kier alpha value is 0.0800. The number of ether oxygens (including phenoxy) is 2. The van der Waals surface area contributed by atoms with Gasteiger partial charge in [0.2, 0.25) is 0 Å². The maximum absolute atomic E-state index is 5.36. The highest BCUT2D eigenvalue weighted by Crippen LogP contribution is 2.14. The molecule has 0 spiro atoms. The van der Waals surface area contributed by atoms with E-state index >= 15 is 0 Å². The van der Waals surface area contributed by atoms with Gasteiger partial charge in [-0.25, -0.2) is 0 Å². The van der Waals surface area contributed by atoms with Crippen molar-refractivity contribution in [2.45, 2.75) is 0 Å². The maximum atomic E-state index is 5.36. The molecule has 0 saturated carbocycles. The van der Waals surface area contributed by atoms with Crippen molar-refractivity contribution in [3.05, 3.63) is 10.3 Å². The van der Waals surface area contributed by atoms with Gasteiger partial charge in [-0.15, -0.1) is 0 Å². The van der Waals surface area contributed by atoms with E-state index in [9.17, 15) is 0 Å². The van der Waals surface area contributed by atoms with Crippen molar-refractivity contribution in [2.24, 2.45) is 0 Å².